The number of nitrogens with zero attached hydrogens (tertiary/aromatic N) is 5. The Morgan fingerprint density at radius 2 is 2.14 bits per heavy atom. The molecule has 116 valence electrons. The zero-order valence-corrected chi connectivity index (χ0v) is 12.6. The van der Waals surface area contributed by atoms with Gasteiger partial charge in [-0.3, -0.25) is 0 Å². The van der Waals surface area contributed by atoms with Gasteiger partial charge in [0.15, 0.2) is 5.82 Å². The predicted octanol–water partition coefficient (Wildman–Crippen LogP) is 1.36. The average molecular weight is 301 g/mol. The van der Waals surface area contributed by atoms with E-state index in [0.717, 1.165) is 30.8 Å². The Morgan fingerprint density at radius 1 is 1.27 bits per heavy atom. The molecular formula is C15H19N5O2. The van der Waals surface area contributed by atoms with Crippen LogP contribution in [0, 0.1) is 6.92 Å². The molecule has 1 fully saturated rings. The van der Waals surface area contributed by atoms with E-state index in [4.69, 9.17) is 4.52 Å². The molecule has 0 radical (unpaired) electrons. The molecule has 0 saturated carbocycles. The van der Waals surface area contributed by atoms with E-state index >= 15 is 0 Å². The van der Waals surface area contributed by atoms with Gasteiger partial charge >= 0.3 is 0 Å². The van der Waals surface area contributed by atoms with Crippen LogP contribution in [0.2, 0.25) is 0 Å². The molecule has 2 atom stereocenters. The van der Waals surface area contributed by atoms with E-state index in [9.17, 15) is 5.11 Å². The molecule has 4 rings (SSSR count). The molecule has 0 aromatic carbocycles. The van der Waals surface area contributed by atoms with Crippen LogP contribution in [0.3, 0.4) is 0 Å². The maximum atomic E-state index is 10.1. The summed E-state index contributed by atoms with van der Waals surface area (Å²) in [5, 5.41) is 14.0. The first kappa shape index (κ1) is 13.6. The summed E-state index contributed by atoms with van der Waals surface area (Å²) in [5.41, 5.74) is 2.35. The Balaban J connectivity index is 1.74. The fourth-order valence-electron chi connectivity index (χ4n) is 3.48. The first-order chi connectivity index (χ1) is 10.7. The number of aliphatic hydroxyl groups excluding tert-OH is 1. The number of aliphatic hydroxyl groups is 1. The molecule has 1 aliphatic carbocycles. The molecule has 2 aromatic rings. The van der Waals surface area contributed by atoms with E-state index in [1.165, 1.54) is 12.0 Å². The molecule has 1 aliphatic heterocycles. The molecule has 0 unspecified atom stereocenters. The van der Waals surface area contributed by atoms with Gasteiger partial charge in [0, 0.05) is 24.2 Å². The van der Waals surface area contributed by atoms with Crippen LogP contribution in [0.25, 0.3) is 0 Å². The highest BCUT2D eigenvalue weighted by Gasteiger charge is 2.38. The lowest BCUT2D eigenvalue weighted by molar-refractivity contribution is 0.191. The van der Waals surface area contributed by atoms with Gasteiger partial charge in [0.2, 0.25) is 5.89 Å². The van der Waals surface area contributed by atoms with Crippen LogP contribution in [0.5, 0.6) is 0 Å². The summed E-state index contributed by atoms with van der Waals surface area (Å²) in [6.07, 6.45) is 6.14. The van der Waals surface area contributed by atoms with Crippen molar-refractivity contribution in [3.05, 3.63) is 29.3 Å². The van der Waals surface area contributed by atoms with Crippen molar-refractivity contribution in [2.75, 3.05) is 11.4 Å². The third-order valence-electron chi connectivity index (χ3n) is 4.48. The van der Waals surface area contributed by atoms with Gasteiger partial charge in [-0.1, -0.05) is 5.16 Å². The standard InChI is InChI=1S/C15H19N5O2/c1-9-18-15(22-19-9)13-6-10(21)7-20(13)14-11-4-2-3-5-12(11)16-8-17-14/h8,10,13,21H,2-7H2,1H3/t10-,13+/m0/s1. The van der Waals surface area contributed by atoms with Crippen LogP contribution in [0.15, 0.2) is 10.9 Å². The smallest absolute Gasteiger partial charge is 0.249 e. The first-order valence-corrected chi connectivity index (χ1v) is 7.80. The Labute approximate surface area is 128 Å². The topological polar surface area (TPSA) is 88.2 Å². The van der Waals surface area contributed by atoms with Crippen LogP contribution in [0.4, 0.5) is 5.82 Å². The van der Waals surface area contributed by atoms with Crippen molar-refractivity contribution in [2.24, 2.45) is 0 Å². The molecule has 7 heteroatoms. The van der Waals surface area contributed by atoms with Crippen LogP contribution < -0.4 is 4.90 Å². The van der Waals surface area contributed by atoms with E-state index in [2.05, 4.69) is 25.0 Å². The van der Waals surface area contributed by atoms with Gasteiger partial charge in [-0.2, -0.15) is 4.98 Å². The summed E-state index contributed by atoms with van der Waals surface area (Å²) in [7, 11) is 0. The van der Waals surface area contributed by atoms with Crippen LogP contribution in [0.1, 0.15) is 48.3 Å². The maximum absolute atomic E-state index is 10.1. The second-order valence-corrected chi connectivity index (χ2v) is 6.07. The number of aromatic nitrogens is 4. The van der Waals surface area contributed by atoms with Gasteiger partial charge < -0.3 is 14.5 Å². The summed E-state index contributed by atoms with van der Waals surface area (Å²) >= 11 is 0. The average Bonchev–Trinajstić information content (AvgIpc) is 3.12. The molecule has 3 heterocycles. The van der Waals surface area contributed by atoms with Crippen molar-refractivity contribution >= 4 is 5.82 Å². The van der Waals surface area contributed by atoms with E-state index in [1.54, 1.807) is 13.3 Å². The Morgan fingerprint density at radius 3 is 2.95 bits per heavy atom. The number of β-amino-alcohol motifs (C(OH)–C–C–N with tert-alkyl or cyclic N) is 1. The van der Waals surface area contributed by atoms with Crippen LogP contribution >= 0.6 is 0 Å². The molecule has 22 heavy (non-hydrogen) atoms. The molecule has 7 nitrogen and oxygen atoms in total. The van der Waals surface area contributed by atoms with E-state index in [-0.39, 0.29) is 6.04 Å². The minimum atomic E-state index is -0.411. The molecule has 2 aliphatic rings. The van der Waals surface area contributed by atoms with Crippen molar-refractivity contribution in [3.63, 3.8) is 0 Å². The van der Waals surface area contributed by atoms with Crippen LogP contribution in [-0.4, -0.2) is 37.9 Å². The summed E-state index contributed by atoms with van der Waals surface area (Å²) in [5.74, 6) is 2.08. The molecular weight excluding hydrogens is 282 g/mol. The van der Waals surface area contributed by atoms with Crippen molar-refractivity contribution in [2.45, 2.75) is 51.2 Å². The first-order valence-electron chi connectivity index (χ1n) is 7.80. The largest absolute Gasteiger partial charge is 0.391 e. The fourth-order valence-corrected chi connectivity index (χ4v) is 3.48. The summed E-state index contributed by atoms with van der Waals surface area (Å²) in [6, 6.07) is -0.114. The van der Waals surface area contributed by atoms with E-state index in [1.807, 2.05) is 0 Å². The van der Waals surface area contributed by atoms with Crippen molar-refractivity contribution in [1.29, 1.82) is 0 Å². The highest BCUT2D eigenvalue weighted by molar-refractivity contribution is 5.52. The lowest BCUT2D eigenvalue weighted by Crippen LogP contribution is -2.28. The Bertz CT molecular complexity index is 686. The highest BCUT2D eigenvalue weighted by Crippen LogP contribution is 2.38. The molecule has 0 amide bonds. The number of fused-ring (bicyclic) bond motifs is 1. The number of hydrogen-bond donors (Lipinski definition) is 1. The van der Waals surface area contributed by atoms with Crippen molar-refractivity contribution in [3.8, 4) is 0 Å². The third-order valence-corrected chi connectivity index (χ3v) is 4.48. The van der Waals surface area contributed by atoms with E-state index in [0.29, 0.717) is 24.7 Å². The van der Waals surface area contributed by atoms with Gasteiger partial charge in [0.25, 0.3) is 0 Å². The van der Waals surface area contributed by atoms with Crippen LogP contribution in [-0.2, 0) is 12.8 Å². The lowest BCUT2D eigenvalue weighted by Gasteiger charge is -2.27. The van der Waals surface area contributed by atoms with E-state index < -0.39 is 6.10 Å². The zero-order chi connectivity index (χ0) is 15.1. The molecule has 1 N–H and O–H groups in total. The number of rotatable bonds is 2. The van der Waals surface area contributed by atoms with Gasteiger partial charge in [0.1, 0.15) is 18.2 Å². The normalized spacial score (nSPS) is 24.5. The number of aryl methyl sites for hydroxylation is 2. The quantitative estimate of drug-likeness (QED) is 0.895. The third kappa shape index (κ3) is 2.25. The monoisotopic (exact) mass is 301 g/mol. The SMILES string of the molecule is Cc1noc([C@H]2C[C@H](O)CN2c2ncnc3c2CCCC3)n1. The summed E-state index contributed by atoms with van der Waals surface area (Å²) in [4.78, 5) is 15.4. The van der Waals surface area contributed by atoms with Gasteiger partial charge in [0.05, 0.1) is 6.10 Å². The zero-order valence-electron chi connectivity index (χ0n) is 12.6. The Hall–Kier alpha value is -2.02. The predicted molar refractivity (Wildman–Crippen MR) is 78.4 cm³/mol. The van der Waals surface area contributed by atoms with Crippen molar-refractivity contribution < 1.29 is 9.63 Å². The second kappa shape index (κ2) is 5.31. The van der Waals surface area contributed by atoms with Gasteiger partial charge in [-0.25, -0.2) is 9.97 Å². The summed E-state index contributed by atoms with van der Waals surface area (Å²) < 4.78 is 5.34. The minimum Gasteiger partial charge on any atom is -0.391 e. The van der Waals surface area contributed by atoms with Gasteiger partial charge in [-0.15, -0.1) is 0 Å². The fraction of sp³-hybridized carbons (Fsp3) is 0.600. The van der Waals surface area contributed by atoms with Crippen molar-refractivity contribution in [1.82, 2.24) is 20.1 Å². The molecule has 1 saturated heterocycles. The number of hydrogen-bond acceptors (Lipinski definition) is 7. The molecule has 0 bridgehead atoms. The van der Waals surface area contributed by atoms with Gasteiger partial charge in [-0.05, 0) is 32.6 Å². The maximum Gasteiger partial charge on any atom is 0.249 e. The number of anilines is 1. The second-order valence-electron chi connectivity index (χ2n) is 6.07. The minimum absolute atomic E-state index is 0.114. The molecule has 2 aromatic heterocycles. The summed E-state index contributed by atoms with van der Waals surface area (Å²) in [6.45, 7) is 2.34. The lowest BCUT2D eigenvalue weighted by atomic mass is 9.96. The molecule has 0 spiro atoms. The highest BCUT2D eigenvalue weighted by atomic mass is 16.5. The Kier molecular flexibility index (Phi) is 3.29.